The maximum absolute atomic E-state index is 10.6. The summed E-state index contributed by atoms with van der Waals surface area (Å²) in [5.41, 5.74) is 1.91. The van der Waals surface area contributed by atoms with Gasteiger partial charge in [0.2, 0.25) is 0 Å². The first kappa shape index (κ1) is 8.78. The number of aryl methyl sites for hydroxylation is 1. The Labute approximate surface area is 85.8 Å². The summed E-state index contributed by atoms with van der Waals surface area (Å²) >= 11 is 5.91. The van der Waals surface area contributed by atoms with Gasteiger partial charge in [-0.15, -0.1) is 24.0 Å². The monoisotopic (exact) mass is 208 g/mol. The Balaban J connectivity index is 2.83. The molecule has 0 aliphatic carbocycles. The lowest BCUT2D eigenvalue weighted by Gasteiger charge is -1.97. The molecule has 1 aromatic carbocycles. The van der Waals surface area contributed by atoms with Crippen molar-refractivity contribution in [3.8, 4) is 0 Å². The molecule has 0 aliphatic rings. The Bertz CT molecular complexity index is 471. The Hall–Kier alpha value is -0.800. The molecule has 1 aromatic heterocycles. The van der Waals surface area contributed by atoms with Crippen LogP contribution < -0.4 is 0 Å². The molecule has 0 amide bonds. The topological polar surface area (TPSA) is 17.1 Å². The van der Waals surface area contributed by atoms with Crippen LogP contribution in [0.25, 0.3) is 10.1 Å². The third-order valence-electron chi connectivity index (χ3n) is 2.04. The molecule has 0 N–H and O–H groups in total. The van der Waals surface area contributed by atoms with Crippen molar-refractivity contribution >= 4 is 40.3 Å². The second-order valence-electron chi connectivity index (χ2n) is 2.94. The van der Waals surface area contributed by atoms with Gasteiger partial charge in [-0.2, -0.15) is 0 Å². The number of aldehydes is 1. The number of hydrogen-bond acceptors (Lipinski definition) is 3. The van der Waals surface area contributed by atoms with E-state index in [1.165, 1.54) is 10.9 Å². The molecule has 0 spiro atoms. The second-order valence-corrected chi connectivity index (χ2v) is 4.34. The van der Waals surface area contributed by atoms with Gasteiger partial charge >= 0.3 is 0 Å². The van der Waals surface area contributed by atoms with Gasteiger partial charge in [0.15, 0.2) is 6.29 Å². The number of carbonyl (C=O) groups is 1. The van der Waals surface area contributed by atoms with Crippen LogP contribution in [0, 0.1) is 6.92 Å². The minimum absolute atomic E-state index is 0.665. The van der Waals surface area contributed by atoms with Gasteiger partial charge in [-0.05, 0) is 35.4 Å². The predicted molar refractivity (Wildman–Crippen MR) is 59.2 cm³/mol. The molecule has 0 saturated heterocycles. The Morgan fingerprint density at radius 3 is 2.92 bits per heavy atom. The normalized spacial score (nSPS) is 10.6. The number of thiophene rings is 1. The molecule has 2 aromatic rings. The van der Waals surface area contributed by atoms with Gasteiger partial charge < -0.3 is 0 Å². The number of carbonyl (C=O) groups excluding carboxylic acids is 1. The largest absolute Gasteiger partial charge is 0.298 e. The number of hydrogen-bond donors (Lipinski definition) is 1. The SMILES string of the molecule is Cc1csc2cc(C=O)c(S)cc12. The Morgan fingerprint density at radius 2 is 2.23 bits per heavy atom. The highest BCUT2D eigenvalue weighted by Gasteiger charge is 2.04. The van der Waals surface area contributed by atoms with Crippen molar-refractivity contribution in [2.75, 3.05) is 0 Å². The summed E-state index contributed by atoms with van der Waals surface area (Å²) in [5, 5.41) is 3.28. The fourth-order valence-corrected chi connectivity index (χ4v) is 2.52. The minimum atomic E-state index is 0.665. The quantitative estimate of drug-likeness (QED) is 0.562. The first-order chi connectivity index (χ1) is 6.22. The fourth-order valence-electron chi connectivity index (χ4n) is 1.30. The van der Waals surface area contributed by atoms with E-state index in [2.05, 4.69) is 24.9 Å². The zero-order valence-corrected chi connectivity index (χ0v) is 8.78. The maximum atomic E-state index is 10.6. The second kappa shape index (κ2) is 3.16. The van der Waals surface area contributed by atoms with Crippen LogP contribution in [-0.4, -0.2) is 6.29 Å². The van der Waals surface area contributed by atoms with E-state index in [-0.39, 0.29) is 0 Å². The van der Waals surface area contributed by atoms with Crippen LogP contribution in [0.3, 0.4) is 0 Å². The van der Waals surface area contributed by atoms with Gasteiger partial charge in [0, 0.05) is 15.2 Å². The standard InChI is InChI=1S/C10H8OS2/c1-6-5-13-10-2-7(4-11)9(12)3-8(6)10/h2-5,12H,1H3. The lowest BCUT2D eigenvalue weighted by atomic mass is 10.1. The number of fused-ring (bicyclic) bond motifs is 1. The van der Waals surface area contributed by atoms with E-state index in [4.69, 9.17) is 0 Å². The summed E-state index contributed by atoms with van der Waals surface area (Å²) in [5.74, 6) is 0. The maximum Gasteiger partial charge on any atom is 0.151 e. The van der Waals surface area contributed by atoms with Gasteiger partial charge in [0.1, 0.15) is 0 Å². The predicted octanol–water partition coefficient (Wildman–Crippen LogP) is 3.31. The Kier molecular flexibility index (Phi) is 2.14. The average molecular weight is 208 g/mol. The first-order valence-electron chi connectivity index (χ1n) is 3.88. The number of thiol groups is 1. The minimum Gasteiger partial charge on any atom is -0.298 e. The smallest absolute Gasteiger partial charge is 0.151 e. The van der Waals surface area contributed by atoms with Crippen molar-refractivity contribution in [1.29, 1.82) is 0 Å². The molecule has 0 atom stereocenters. The van der Waals surface area contributed by atoms with Crippen LogP contribution in [-0.2, 0) is 0 Å². The zero-order valence-electron chi connectivity index (χ0n) is 7.07. The first-order valence-corrected chi connectivity index (χ1v) is 5.21. The van der Waals surface area contributed by atoms with Gasteiger partial charge in [-0.1, -0.05) is 0 Å². The van der Waals surface area contributed by atoms with Crippen molar-refractivity contribution in [2.45, 2.75) is 11.8 Å². The summed E-state index contributed by atoms with van der Waals surface area (Å²) in [6, 6.07) is 3.84. The van der Waals surface area contributed by atoms with Crippen molar-refractivity contribution < 1.29 is 4.79 Å². The van der Waals surface area contributed by atoms with Crippen LogP contribution in [0.4, 0.5) is 0 Å². The van der Waals surface area contributed by atoms with Crippen molar-refractivity contribution in [1.82, 2.24) is 0 Å². The van der Waals surface area contributed by atoms with Crippen LogP contribution >= 0.6 is 24.0 Å². The molecule has 0 saturated carbocycles. The van der Waals surface area contributed by atoms with Crippen molar-refractivity contribution in [2.24, 2.45) is 0 Å². The van der Waals surface area contributed by atoms with Crippen LogP contribution in [0.2, 0.25) is 0 Å². The molecule has 13 heavy (non-hydrogen) atoms. The molecule has 0 unspecified atom stereocenters. The van der Waals surface area contributed by atoms with Gasteiger partial charge in [0.05, 0.1) is 0 Å². The van der Waals surface area contributed by atoms with E-state index < -0.39 is 0 Å². The van der Waals surface area contributed by atoms with E-state index >= 15 is 0 Å². The molecule has 1 nitrogen and oxygen atoms in total. The van der Waals surface area contributed by atoms with Crippen molar-refractivity contribution in [3.63, 3.8) is 0 Å². The Morgan fingerprint density at radius 1 is 1.46 bits per heavy atom. The molecule has 66 valence electrons. The van der Waals surface area contributed by atoms with Crippen LogP contribution in [0.1, 0.15) is 15.9 Å². The van der Waals surface area contributed by atoms with E-state index in [9.17, 15) is 4.79 Å². The number of benzene rings is 1. The van der Waals surface area contributed by atoms with E-state index in [1.807, 2.05) is 12.1 Å². The molecule has 1 heterocycles. The molecule has 0 fully saturated rings. The van der Waals surface area contributed by atoms with E-state index in [0.717, 1.165) is 15.9 Å². The van der Waals surface area contributed by atoms with Gasteiger partial charge in [-0.25, -0.2) is 0 Å². The lowest BCUT2D eigenvalue weighted by Crippen LogP contribution is -1.81. The number of rotatable bonds is 1. The summed E-state index contributed by atoms with van der Waals surface area (Å²) < 4.78 is 1.15. The van der Waals surface area contributed by atoms with Crippen LogP contribution in [0.5, 0.6) is 0 Å². The summed E-state index contributed by atoms with van der Waals surface area (Å²) in [4.78, 5) is 11.4. The third-order valence-corrected chi connectivity index (χ3v) is 3.49. The van der Waals surface area contributed by atoms with E-state index in [1.54, 1.807) is 11.3 Å². The fraction of sp³-hybridized carbons (Fsp3) is 0.100. The molecule has 2 rings (SSSR count). The highest BCUT2D eigenvalue weighted by molar-refractivity contribution is 7.80. The summed E-state index contributed by atoms with van der Waals surface area (Å²) in [6.07, 6.45) is 0.844. The molecular formula is C10H8OS2. The molecular weight excluding hydrogens is 200 g/mol. The molecule has 3 heteroatoms. The summed E-state index contributed by atoms with van der Waals surface area (Å²) in [7, 11) is 0. The van der Waals surface area contributed by atoms with Crippen LogP contribution in [0.15, 0.2) is 22.4 Å². The highest BCUT2D eigenvalue weighted by Crippen LogP contribution is 2.29. The van der Waals surface area contributed by atoms with E-state index in [0.29, 0.717) is 5.56 Å². The molecule has 0 radical (unpaired) electrons. The average Bonchev–Trinajstić information content (AvgIpc) is 2.47. The van der Waals surface area contributed by atoms with Gasteiger partial charge in [-0.3, -0.25) is 4.79 Å². The molecule has 0 aliphatic heterocycles. The zero-order chi connectivity index (χ0) is 9.42. The summed E-state index contributed by atoms with van der Waals surface area (Å²) in [6.45, 7) is 2.06. The lowest BCUT2D eigenvalue weighted by molar-refractivity contribution is 0.112. The highest BCUT2D eigenvalue weighted by atomic mass is 32.1. The van der Waals surface area contributed by atoms with Gasteiger partial charge in [0.25, 0.3) is 0 Å². The molecule has 0 bridgehead atoms. The van der Waals surface area contributed by atoms with Crippen molar-refractivity contribution in [3.05, 3.63) is 28.6 Å². The third kappa shape index (κ3) is 1.38.